The number of anilines is 1. The Morgan fingerprint density at radius 3 is 2.62 bits per heavy atom. The quantitative estimate of drug-likeness (QED) is 0.770. The van der Waals surface area contributed by atoms with E-state index in [1.54, 1.807) is 24.3 Å². The molecule has 0 saturated heterocycles. The van der Waals surface area contributed by atoms with Crippen LogP contribution in [-0.4, -0.2) is 19.8 Å². The fourth-order valence-electron chi connectivity index (χ4n) is 1.78. The summed E-state index contributed by atoms with van der Waals surface area (Å²) in [7, 11) is -3.73. The number of benzene rings is 2. The van der Waals surface area contributed by atoms with Crippen LogP contribution in [0.25, 0.3) is 0 Å². The Kier molecular flexibility index (Phi) is 5.32. The maximum absolute atomic E-state index is 12.5. The number of rotatable bonds is 5. The summed E-state index contributed by atoms with van der Waals surface area (Å²) in [5.41, 5.74) is 1.07. The number of nitrogens with one attached hydrogen (secondary N) is 1. The predicted molar refractivity (Wildman–Crippen MR) is 89.1 cm³/mol. The number of hydrogen-bond donors (Lipinski definition) is 2. The van der Waals surface area contributed by atoms with E-state index in [1.807, 2.05) is 18.4 Å². The monoisotopic (exact) mass is 387 g/mol. The lowest BCUT2D eigenvalue weighted by molar-refractivity contribution is 0.281. The maximum Gasteiger partial charge on any atom is 0.263 e. The highest BCUT2D eigenvalue weighted by atomic mass is 79.9. The summed E-state index contributed by atoms with van der Waals surface area (Å²) in [6.45, 7) is -0.211. The molecular weight excluding hydrogens is 374 g/mol. The highest BCUT2D eigenvalue weighted by Gasteiger charge is 2.19. The Labute approximate surface area is 136 Å². The summed E-state index contributed by atoms with van der Waals surface area (Å²) in [5.74, 6) is 0. The van der Waals surface area contributed by atoms with E-state index >= 15 is 0 Å². The van der Waals surface area contributed by atoms with E-state index in [0.29, 0.717) is 15.7 Å². The fraction of sp³-hybridized carbons (Fsp3) is 0.143. The lowest BCUT2D eigenvalue weighted by atomic mass is 10.2. The van der Waals surface area contributed by atoms with Crippen molar-refractivity contribution in [3.05, 3.63) is 52.5 Å². The second-order valence-electron chi connectivity index (χ2n) is 4.23. The van der Waals surface area contributed by atoms with E-state index < -0.39 is 10.0 Å². The maximum atomic E-state index is 12.5. The van der Waals surface area contributed by atoms with Crippen molar-refractivity contribution >= 4 is 43.4 Å². The molecule has 2 rings (SSSR count). The lowest BCUT2D eigenvalue weighted by Crippen LogP contribution is -2.14. The van der Waals surface area contributed by atoms with Crippen LogP contribution in [-0.2, 0) is 16.6 Å². The first kappa shape index (κ1) is 16.4. The zero-order valence-corrected chi connectivity index (χ0v) is 14.4. The van der Waals surface area contributed by atoms with Gasteiger partial charge in [0.1, 0.15) is 4.90 Å². The number of aliphatic hydroxyl groups is 1. The summed E-state index contributed by atoms with van der Waals surface area (Å²) >= 11 is 4.70. The van der Waals surface area contributed by atoms with Crippen LogP contribution in [0.5, 0.6) is 0 Å². The van der Waals surface area contributed by atoms with Gasteiger partial charge in [-0.3, -0.25) is 4.72 Å². The van der Waals surface area contributed by atoms with Gasteiger partial charge < -0.3 is 5.11 Å². The second kappa shape index (κ2) is 6.83. The van der Waals surface area contributed by atoms with E-state index in [0.717, 1.165) is 4.90 Å². The van der Waals surface area contributed by atoms with E-state index in [1.165, 1.54) is 17.8 Å². The Bertz CT molecular complexity index is 748. The van der Waals surface area contributed by atoms with Crippen molar-refractivity contribution in [1.82, 2.24) is 0 Å². The van der Waals surface area contributed by atoms with Gasteiger partial charge in [0.2, 0.25) is 0 Å². The molecule has 4 nitrogen and oxygen atoms in total. The van der Waals surface area contributed by atoms with Crippen LogP contribution in [0.15, 0.2) is 56.7 Å². The third-order valence-corrected chi connectivity index (χ3v) is 5.97. The summed E-state index contributed by atoms with van der Waals surface area (Å²) < 4.78 is 28.1. The molecule has 112 valence electrons. The topological polar surface area (TPSA) is 66.4 Å². The SMILES string of the molecule is CSc1ccccc1NS(=O)(=O)c1cc(CO)ccc1Br. The van der Waals surface area contributed by atoms with Gasteiger partial charge in [-0.1, -0.05) is 18.2 Å². The summed E-state index contributed by atoms with van der Waals surface area (Å²) in [4.78, 5) is 0.945. The second-order valence-corrected chi connectivity index (χ2v) is 7.58. The van der Waals surface area contributed by atoms with Crippen LogP contribution in [0.2, 0.25) is 0 Å². The van der Waals surface area contributed by atoms with E-state index in [-0.39, 0.29) is 11.5 Å². The smallest absolute Gasteiger partial charge is 0.263 e. The third-order valence-electron chi connectivity index (χ3n) is 2.82. The van der Waals surface area contributed by atoms with Crippen molar-refractivity contribution in [3.63, 3.8) is 0 Å². The number of aliphatic hydroxyl groups excluding tert-OH is 1. The van der Waals surface area contributed by atoms with Gasteiger partial charge in [-0.25, -0.2) is 8.42 Å². The Balaban J connectivity index is 2.43. The zero-order valence-electron chi connectivity index (χ0n) is 11.2. The molecule has 0 radical (unpaired) electrons. The molecule has 7 heteroatoms. The molecule has 0 aromatic heterocycles. The number of para-hydroxylation sites is 1. The molecule has 0 amide bonds. The average Bonchev–Trinajstić information content (AvgIpc) is 2.47. The van der Waals surface area contributed by atoms with Gasteiger partial charge in [0.15, 0.2) is 0 Å². The van der Waals surface area contributed by atoms with Crippen LogP contribution in [0.4, 0.5) is 5.69 Å². The predicted octanol–water partition coefficient (Wildman–Crippen LogP) is 3.46. The molecule has 0 heterocycles. The third kappa shape index (κ3) is 3.79. The minimum atomic E-state index is -3.73. The largest absolute Gasteiger partial charge is 0.392 e. The van der Waals surface area contributed by atoms with Gasteiger partial charge in [0.25, 0.3) is 10.0 Å². The Morgan fingerprint density at radius 1 is 1.24 bits per heavy atom. The van der Waals surface area contributed by atoms with Crippen molar-refractivity contribution < 1.29 is 13.5 Å². The van der Waals surface area contributed by atoms with E-state index in [2.05, 4.69) is 20.7 Å². The van der Waals surface area contributed by atoms with Crippen LogP contribution < -0.4 is 4.72 Å². The highest BCUT2D eigenvalue weighted by Crippen LogP contribution is 2.29. The first-order valence-electron chi connectivity index (χ1n) is 6.03. The molecular formula is C14H14BrNO3S2. The first-order chi connectivity index (χ1) is 9.97. The molecule has 0 bridgehead atoms. The average molecular weight is 388 g/mol. The molecule has 2 aromatic carbocycles. The lowest BCUT2D eigenvalue weighted by Gasteiger charge is -2.13. The van der Waals surface area contributed by atoms with Crippen LogP contribution in [0.3, 0.4) is 0 Å². The molecule has 21 heavy (non-hydrogen) atoms. The molecule has 0 fully saturated rings. The molecule has 0 saturated carbocycles. The molecule has 2 aromatic rings. The zero-order chi connectivity index (χ0) is 15.5. The molecule has 0 unspecified atom stereocenters. The normalized spacial score (nSPS) is 11.4. The summed E-state index contributed by atoms with van der Waals surface area (Å²) in [5, 5.41) is 9.16. The Hall–Kier alpha value is -1.02. The summed E-state index contributed by atoms with van der Waals surface area (Å²) in [6.07, 6.45) is 1.88. The van der Waals surface area contributed by atoms with Gasteiger partial charge in [-0.15, -0.1) is 11.8 Å². The van der Waals surface area contributed by atoms with E-state index in [9.17, 15) is 8.42 Å². The van der Waals surface area contributed by atoms with Gasteiger partial charge >= 0.3 is 0 Å². The molecule has 0 aliphatic heterocycles. The van der Waals surface area contributed by atoms with Crippen molar-refractivity contribution in [1.29, 1.82) is 0 Å². The van der Waals surface area contributed by atoms with Crippen molar-refractivity contribution in [2.45, 2.75) is 16.4 Å². The van der Waals surface area contributed by atoms with Gasteiger partial charge in [-0.2, -0.15) is 0 Å². The van der Waals surface area contributed by atoms with Crippen molar-refractivity contribution in [3.8, 4) is 0 Å². The number of halogens is 1. The van der Waals surface area contributed by atoms with Crippen molar-refractivity contribution in [2.75, 3.05) is 11.0 Å². The molecule has 0 atom stereocenters. The van der Waals surface area contributed by atoms with Crippen LogP contribution >= 0.6 is 27.7 Å². The number of sulfonamides is 1. The standard InChI is InChI=1S/C14H14BrNO3S2/c1-20-13-5-3-2-4-12(13)16-21(18,19)14-8-10(9-17)6-7-11(14)15/h2-8,16-17H,9H2,1H3. The Morgan fingerprint density at radius 2 is 1.95 bits per heavy atom. The highest BCUT2D eigenvalue weighted by molar-refractivity contribution is 9.10. The molecule has 0 spiro atoms. The summed E-state index contributed by atoms with van der Waals surface area (Å²) in [6, 6.07) is 11.9. The molecule has 0 aliphatic carbocycles. The van der Waals surface area contributed by atoms with Crippen LogP contribution in [0.1, 0.15) is 5.56 Å². The molecule has 2 N–H and O–H groups in total. The minimum Gasteiger partial charge on any atom is -0.392 e. The van der Waals surface area contributed by atoms with E-state index in [4.69, 9.17) is 5.11 Å². The number of thioether (sulfide) groups is 1. The van der Waals surface area contributed by atoms with Crippen molar-refractivity contribution in [2.24, 2.45) is 0 Å². The minimum absolute atomic E-state index is 0.102. The number of hydrogen-bond acceptors (Lipinski definition) is 4. The van der Waals surface area contributed by atoms with Crippen LogP contribution in [0, 0.1) is 0 Å². The fourth-order valence-corrected chi connectivity index (χ4v) is 4.49. The van der Waals surface area contributed by atoms with Gasteiger partial charge in [-0.05, 0) is 52.0 Å². The first-order valence-corrected chi connectivity index (χ1v) is 9.53. The van der Waals surface area contributed by atoms with Gasteiger partial charge in [0, 0.05) is 9.37 Å². The van der Waals surface area contributed by atoms with Gasteiger partial charge in [0.05, 0.1) is 12.3 Å². The molecule has 0 aliphatic rings.